The van der Waals surface area contributed by atoms with Crippen LogP contribution >= 0.6 is 0 Å². The van der Waals surface area contributed by atoms with Gasteiger partial charge in [-0.2, -0.15) is 0 Å². The number of carbonyl (C=O) groups is 1. The predicted molar refractivity (Wildman–Crippen MR) is 48.9 cm³/mol. The van der Waals surface area contributed by atoms with E-state index in [-0.39, 0.29) is 5.56 Å². The van der Waals surface area contributed by atoms with Gasteiger partial charge in [-0.25, -0.2) is 0 Å². The Bertz CT molecular complexity index is 557. The van der Waals surface area contributed by atoms with Crippen molar-refractivity contribution in [3.63, 3.8) is 0 Å². The van der Waals surface area contributed by atoms with E-state index in [4.69, 9.17) is 0 Å². The molecular weight excluding hydrogens is 182 g/mol. The van der Waals surface area contributed by atoms with E-state index in [2.05, 4.69) is 4.98 Å². The number of H-pyrrole nitrogens is 1. The third-order valence-electron chi connectivity index (χ3n) is 1.97. The highest BCUT2D eigenvalue weighted by Gasteiger charge is 2.02. The number of aromatic nitrogens is 1. The zero-order valence-electron chi connectivity index (χ0n) is 7.11. The van der Waals surface area contributed by atoms with E-state index in [0.29, 0.717) is 10.9 Å². The summed E-state index contributed by atoms with van der Waals surface area (Å²) in [5, 5.41) is 11.2. The van der Waals surface area contributed by atoms with Crippen molar-refractivity contribution in [1.29, 1.82) is 0 Å². The highest BCUT2D eigenvalue weighted by Crippen LogP contribution is 2.09. The summed E-state index contributed by atoms with van der Waals surface area (Å²) in [6.45, 7) is 0. The van der Waals surface area contributed by atoms with Crippen molar-refractivity contribution in [2.75, 3.05) is 0 Å². The number of rotatable bonds is 1. The van der Waals surface area contributed by atoms with Crippen LogP contribution in [0.25, 0.3) is 10.9 Å². The normalized spacial score (nSPS) is 10.3. The molecule has 14 heavy (non-hydrogen) atoms. The molecule has 0 aliphatic rings. The number of carbonyl (C=O) groups excluding carboxylic acids is 1. The average molecular weight is 188 g/mol. The molecule has 0 saturated carbocycles. The molecular formula is C10H6NO3-. The lowest BCUT2D eigenvalue weighted by molar-refractivity contribution is -0.255. The van der Waals surface area contributed by atoms with E-state index in [1.807, 2.05) is 0 Å². The Balaban J connectivity index is 2.84. The molecule has 0 atom stereocenters. The standard InChI is InChI=1S/C10H7NO3/c12-9-7(10(13)14)5-6-3-1-2-4-8(6)11-9/h1-5H,(H,11,12)(H,13,14)/p-1. The molecule has 0 saturated heterocycles. The average Bonchev–Trinajstić information content (AvgIpc) is 2.16. The lowest BCUT2D eigenvalue weighted by atomic mass is 10.1. The van der Waals surface area contributed by atoms with Gasteiger partial charge in [-0.05, 0) is 17.5 Å². The fraction of sp³-hybridized carbons (Fsp3) is 0. The molecule has 2 rings (SSSR count). The Hall–Kier alpha value is -2.10. The van der Waals surface area contributed by atoms with Crippen molar-refractivity contribution in [3.8, 4) is 0 Å². The van der Waals surface area contributed by atoms with Crippen LogP contribution in [0.15, 0.2) is 35.1 Å². The summed E-state index contributed by atoms with van der Waals surface area (Å²) in [5.41, 5.74) is -0.366. The van der Waals surface area contributed by atoms with Crippen LogP contribution < -0.4 is 10.7 Å². The number of pyridine rings is 1. The molecule has 70 valence electrons. The zero-order valence-corrected chi connectivity index (χ0v) is 7.11. The van der Waals surface area contributed by atoms with E-state index in [0.717, 1.165) is 0 Å². The van der Waals surface area contributed by atoms with E-state index >= 15 is 0 Å². The van der Waals surface area contributed by atoms with Gasteiger partial charge in [-0.1, -0.05) is 18.2 Å². The van der Waals surface area contributed by atoms with Crippen LogP contribution in [-0.2, 0) is 0 Å². The minimum absolute atomic E-state index is 0.344. The monoisotopic (exact) mass is 188 g/mol. The maximum Gasteiger partial charge on any atom is 0.257 e. The number of carboxylic acid groups (broad SMARTS) is 1. The molecule has 0 unspecified atom stereocenters. The second-order valence-electron chi connectivity index (χ2n) is 2.89. The van der Waals surface area contributed by atoms with Gasteiger partial charge >= 0.3 is 0 Å². The number of hydrogen-bond donors (Lipinski definition) is 1. The molecule has 1 aromatic heterocycles. The van der Waals surface area contributed by atoms with Crippen LogP contribution in [0.1, 0.15) is 10.4 Å². The lowest BCUT2D eigenvalue weighted by Gasteiger charge is -2.02. The summed E-state index contributed by atoms with van der Waals surface area (Å²) >= 11 is 0. The van der Waals surface area contributed by atoms with E-state index in [1.54, 1.807) is 24.3 Å². The Morgan fingerprint density at radius 3 is 2.71 bits per heavy atom. The van der Waals surface area contributed by atoms with Crippen molar-refractivity contribution in [2.24, 2.45) is 0 Å². The Labute approximate surface area is 78.8 Å². The van der Waals surface area contributed by atoms with Crippen molar-refractivity contribution < 1.29 is 9.90 Å². The quantitative estimate of drug-likeness (QED) is 0.678. The first-order valence-corrected chi connectivity index (χ1v) is 4.02. The van der Waals surface area contributed by atoms with Gasteiger partial charge in [0.05, 0.1) is 11.5 Å². The second-order valence-corrected chi connectivity index (χ2v) is 2.89. The topological polar surface area (TPSA) is 73.0 Å². The van der Waals surface area contributed by atoms with Crippen LogP contribution in [0, 0.1) is 0 Å². The minimum Gasteiger partial charge on any atom is -0.545 e. The summed E-state index contributed by atoms with van der Waals surface area (Å²) in [6.07, 6.45) is 0. The van der Waals surface area contributed by atoms with Gasteiger partial charge in [-0.15, -0.1) is 0 Å². The van der Waals surface area contributed by atoms with Crippen molar-refractivity contribution in [1.82, 2.24) is 4.98 Å². The van der Waals surface area contributed by atoms with Crippen LogP contribution in [0.4, 0.5) is 0 Å². The van der Waals surface area contributed by atoms with Gasteiger partial charge in [0.1, 0.15) is 0 Å². The lowest BCUT2D eigenvalue weighted by Crippen LogP contribution is -2.29. The number of aromatic amines is 1. The Morgan fingerprint density at radius 1 is 1.29 bits per heavy atom. The zero-order chi connectivity index (χ0) is 10.1. The molecule has 0 fully saturated rings. The molecule has 0 aliphatic carbocycles. The number of nitrogens with one attached hydrogen (secondary N) is 1. The molecule has 0 bridgehead atoms. The number of benzene rings is 1. The Kier molecular flexibility index (Phi) is 1.81. The minimum atomic E-state index is -1.46. The smallest absolute Gasteiger partial charge is 0.257 e. The number of para-hydroxylation sites is 1. The summed E-state index contributed by atoms with van der Waals surface area (Å²) in [5.74, 6) is -1.46. The SMILES string of the molecule is O=C([O-])c1cc2ccccc2[nH]c1=O. The molecule has 4 nitrogen and oxygen atoms in total. The molecule has 0 amide bonds. The first-order chi connectivity index (χ1) is 6.68. The van der Waals surface area contributed by atoms with E-state index < -0.39 is 11.5 Å². The maximum atomic E-state index is 11.2. The van der Waals surface area contributed by atoms with Gasteiger partial charge in [0.15, 0.2) is 0 Å². The van der Waals surface area contributed by atoms with E-state index in [9.17, 15) is 14.7 Å². The first kappa shape index (κ1) is 8.50. The van der Waals surface area contributed by atoms with Crippen molar-refractivity contribution in [3.05, 3.63) is 46.2 Å². The van der Waals surface area contributed by atoms with Gasteiger partial charge in [0.25, 0.3) is 5.56 Å². The summed E-state index contributed by atoms with van der Waals surface area (Å²) < 4.78 is 0. The van der Waals surface area contributed by atoms with Crippen molar-refractivity contribution >= 4 is 16.9 Å². The maximum absolute atomic E-state index is 11.2. The number of carboxylic acids is 1. The van der Waals surface area contributed by atoms with Crippen LogP contribution in [-0.4, -0.2) is 11.0 Å². The number of fused-ring (bicyclic) bond motifs is 1. The molecule has 1 heterocycles. The van der Waals surface area contributed by atoms with Crippen LogP contribution in [0.3, 0.4) is 0 Å². The molecule has 1 aromatic carbocycles. The highest BCUT2D eigenvalue weighted by molar-refractivity contribution is 5.90. The van der Waals surface area contributed by atoms with Crippen LogP contribution in [0.5, 0.6) is 0 Å². The molecule has 0 spiro atoms. The highest BCUT2D eigenvalue weighted by atomic mass is 16.4. The van der Waals surface area contributed by atoms with Gasteiger partial charge in [0, 0.05) is 5.52 Å². The largest absolute Gasteiger partial charge is 0.545 e. The number of hydrogen-bond acceptors (Lipinski definition) is 3. The van der Waals surface area contributed by atoms with Gasteiger partial charge in [0.2, 0.25) is 0 Å². The van der Waals surface area contributed by atoms with Gasteiger partial charge in [-0.3, -0.25) is 4.79 Å². The van der Waals surface area contributed by atoms with Crippen molar-refractivity contribution in [2.45, 2.75) is 0 Å². The van der Waals surface area contributed by atoms with E-state index in [1.165, 1.54) is 6.07 Å². The second kappa shape index (κ2) is 2.99. The molecule has 1 N–H and O–H groups in total. The van der Waals surface area contributed by atoms with Crippen LogP contribution in [0.2, 0.25) is 0 Å². The fourth-order valence-electron chi connectivity index (χ4n) is 1.30. The third kappa shape index (κ3) is 1.26. The third-order valence-corrected chi connectivity index (χ3v) is 1.97. The Morgan fingerprint density at radius 2 is 2.00 bits per heavy atom. The molecule has 0 aliphatic heterocycles. The number of aromatic carboxylic acids is 1. The molecule has 0 radical (unpaired) electrons. The summed E-state index contributed by atoms with van der Waals surface area (Å²) in [6, 6.07) is 8.26. The predicted octanol–water partition coefficient (Wildman–Crippen LogP) is -0.108. The first-order valence-electron chi connectivity index (χ1n) is 4.02. The fourth-order valence-corrected chi connectivity index (χ4v) is 1.30. The molecule has 2 aromatic rings. The van der Waals surface area contributed by atoms with Gasteiger partial charge < -0.3 is 14.9 Å². The summed E-state index contributed by atoms with van der Waals surface area (Å²) in [4.78, 5) is 24.2. The summed E-state index contributed by atoms with van der Waals surface area (Å²) in [7, 11) is 0. The molecule has 4 heteroatoms.